The minimum absolute atomic E-state index is 0.0964. The number of benzene rings is 1. The zero-order chi connectivity index (χ0) is 22.7. The fourth-order valence-corrected chi connectivity index (χ4v) is 4.44. The zero-order valence-corrected chi connectivity index (χ0v) is 18.9. The summed E-state index contributed by atoms with van der Waals surface area (Å²) in [6.07, 6.45) is 3.83. The van der Waals surface area contributed by atoms with Gasteiger partial charge in [-0.3, -0.25) is 4.79 Å². The number of thiophene rings is 1. The number of pyridine rings is 1. The first-order valence-corrected chi connectivity index (χ1v) is 11.0. The number of nitrogens with one attached hydrogen (secondary N) is 1. The van der Waals surface area contributed by atoms with E-state index in [-0.39, 0.29) is 18.9 Å². The first kappa shape index (κ1) is 21.6. The second-order valence-corrected chi connectivity index (χ2v) is 8.06. The van der Waals surface area contributed by atoms with Crippen LogP contribution in [-0.2, 0) is 16.0 Å². The molecule has 0 atom stereocenters. The van der Waals surface area contributed by atoms with Crippen molar-refractivity contribution in [2.75, 3.05) is 19.0 Å². The Labute approximate surface area is 189 Å². The fourth-order valence-electron chi connectivity index (χ4n) is 3.46. The molecule has 0 spiro atoms. The molecule has 32 heavy (non-hydrogen) atoms. The predicted molar refractivity (Wildman–Crippen MR) is 125 cm³/mol. The van der Waals surface area contributed by atoms with Gasteiger partial charge in [-0.15, -0.1) is 11.3 Å². The normalized spacial score (nSPS) is 10.8. The van der Waals surface area contributed by atoms with Gasteiger partial charge in [0.05, 0.1) is 25.8 Å². The van der Waals surface area contributed by atoms with Crippen LogP contribution in [0.1, 0.15) is 28.5 Å². The van der Waals surface area contributed by atoms with E-state index in [9.17, 15) is 9.59 Å². The summed E-state index contributed by atoms with van der Waals surface area (Å²) in [6.45, 7) is 3.97. The van der Waals surface area contributed by atoms with Crippen LogP contribution in [0.3, 0.4) is 0 Å². The van der Waals surface area contributed by atoms with E-state index in [1.807, 2.05) is 65.5 Å². The summed E-state index contributed by atoms with van der Waals surface area (Å²) in [5.74, 6) is -0.00385. The van der Waals surface area contributed by atoms with E-state index in [2.05, 4.69) is 10.3 Å². The van der Waals surface area contributed by atoms with Crippen LogP contribution in [0.25, 0.3) is 16.8 Å². The quantitative estimate of drug-likeness (QED) is 0.412. The van der Waals surface area contributed by atoms with Crippen molar-refractivity contribution >= 4 is 33.9 Å². The van der Waals surface area contributed by atoms with E-state index in [1.165, 1.54) is 11.3 Å². The maximum Gasteiger partial charge on any atom is 0.341 e. The molecule has 0 aliphatic rings. The number of carbonyl (C=O) groups is 2. The average Bonchev–Trinajstić information content (AvgIpc) is 3.38. The van der Waals surface area contributed by atoms with Crippen LogP contribution < -0.4 is 10.1 Å². The van der Waals surface area contributed by atoms with Crippen molar-refractivity contribution in [1.29, 1.82) is 0 Å². The van der Waals surface area contributed by atoms with Crippen LogP contribution in [0.4, 0.5) is 5.00 Å². The number of rotatable bonds is 7. The van der Waals surface area contributed by atoms with Crippen molar-refractivity contribution in [2.45, 2.75) is 20.3 Å². The highest BCUT2D eigenvalue weighted by Gasteiger charge is 2.23. The number of imidazole rings is 1. The van der Waals surface area contributed by atoms with Gasteiger partial charge in [-0.25, -0.2) is 9.78 Å². The maximum atomic E-state index is 12.8. The molecule has 0 aliphatic heterocycles. The van der Waals surface area contributed by atoms with E-state index in [1.54, 1.807) is 14.0 Å². The number of ether oxygens (including phenoxy) is 2. The number of hydrogen-bond donors (Lipinski definition) is 1. The van der Waals surface area contributed by atoms with E-state index < -0.39 is 5.97 Å². The number of esters is 1. The van der Waals surface area contributed by atoms with Crippen LogP contribution in [0, 0.1) is 6.92 Å². The Kier molecular flexibility index (Phi) is 6.23. The number of aromatic nitrogens is 2. The van der Waals surface area contributed by atoms with E-state index in [0.717, 1.165) is 22.5 Å². The van der Waals surface area contributed by atoms with Gasteiger partial charge in [0.15, 0.2) is 0 Å². The Morgan fingerprint density at radius 2 is 1.97 bits per heavy atom. The summed E-state index contributed by atoms with van der Waals surface area (Å²) >= 11 is 1.29. The molecule has 1 aromatic carbocycles. The number of aryl methyl sites for hydroxylation is 1. The minimum Gasteiger partial charge on any atom is -0.497 e. The van der Waals surface area contributed by atoms with Gasteiger partial charge in [0.25, 0.3) is 0 Å². The summed E-state index contributed by atoms with van der Waals surface area (Å²) in [6, 6.07) is 11.3. The van der Waals surface area contributed by atoms with Gasteiger partial charge in [-0.1, -0.05) is 18.2 Å². The summed E-state index contributed by atoms with van der Waals surface area (Å²) in [5, 5.41) is 5.18. The molecule has 8 heteroatoms. The maximum absolute atomic E-state index is 12.8. The van der Waals surface area contributed by atoms with Gasteiger partial charge in [0.1, 0.15) is 22.0 Å². The molecule has 164 valence electrons. The Bertz CT molecular complexity index is 1270. The van der Waals surface area contributed by atoms with Crippen LogP contribution >= 0.6 is 11.3 Å². The third-order valence-corrected chi connectivity index (χ3v) is 5.89. The number of methoxy groups -OCH3 is 1. The molecule has 1 amide bonds. The highest BCUT2D eigenvalue weighted by Crippen LogP contribution is 2.37. The molecule has 4 aromatic rings. The van der Waals surface area contributed by atoms with Crippen molar-refractivity contribution in [3.8, 4) is 16.9 Å². The predicted octanol–water partition coefficient (Wildman–Crippen LogP) is 4.74. The topological polar surface area (TPSA) is 81.9 Å². The lowest BCUT2D eigenvalue weighted by Gasteiger charge is -2.09. The molecule has 0 radical (unpaired) electrons. The van der Waals surface area contributed by atoms with Crippen molar-refractivity contribution in [3.05, 3.63) is 71.0 Å². The number of carbonyl (C=O) groups excluding carboxylic acids is 2. The van der Waals surface area contributed by atoms with Crippen LogP contribution in [0.15, 0.2) is 54.2 Å². The Balaban J connectivity index is 1.60. The number of nitrogens with zero attached hydrogens (tertiary/aromatic N) is 2. The lowest BCUT2D eigenvalue weighted by Crippen LogP contribution is -2.16. The monoisotopic (exact) mass is 449 g/mol. The number of anilines is 1. The molecule has 7 nitrogen and oxygen atoms in total. The molecular weight excluding hydrogens is 426 g/mol. The average molecular weight is 450 g/mol. The first-order valence-electron chi connectivity index (χ1n) is 10.2. The lowest BCUT2D eigenvalue weighted by atomic mass is 10.0. The van der Waals surface area contributed by atoms with Crippen LogP contribution in [0.5, 0.6) is 5.75 Å². The molecule has 0 aliphatic carbocycles. The molecular formula is C24H23N3O4S. The number of hydrogen-bond acceptors (Lipinski definition) is 6. The first-order chi connectivity index (χ1) is 15.5. The molecule has 0 saturated heterocycles. The second-order valence-electron chi connectivity index (χ2n) is 7.18. The second kappa shape index (κ2) is 9.23. The molecule has 0 fully saturated rings. The largest absolute Gasteiger partial charge is 0.497 e. The molecule has 1 N–H and O–H groups in total. The fraction of sp³-hybridized carbons (Fsp3) is 0.208. The molecule has 0 saturated carbocycles. The van der Waals surface area contributed by atoms with Gasteiger partial charge in [-0.2, -0.15) is 0 Å². The van der Waals surface area contributed by atoms with Gasteiger partial charge in [0, 0.05) is 23.3 Å². The van der Waals surface area contributed by atoms with Crippen LogP contribution in [0.2, 0.25) is 0 Å². The lowest BCUT2D eigenvalue weighted by molar-refractivity contribution is -0.115. The molecule has 3 aromatic heterocycles. The highest BCUT2D eigenvalue weighted by molar-refractivity contribution is 7.15. The Morgan fingerprint density at radius 3 is 2.66 bits per heavy atom. The minimum atomic E-state index is -0.474. The zero-order valence-electron chi connectivity index (χ0n) is 18.0. The van der Waals surface area contributed by atoms with Gasteiger partial charge >= 0.3 is 5.97 Å². The van der Waals surface area contributed by atoms with E-state index in [4.69, 9.17) is 9.47 Å². The molecule has 0 bridgehead atoms. The van der Waals surface area contributed by atoms with Gasteiger partial charge in [-0.05, 0) is 43.2 Å². The van der Waals surface area contributed by atoms with Crippen LogP contribution in [-0.4, -0.2) is 35.0 Å². The summed E-state index contributed by atoms with van der Waals surface area (Å²) < 4.78 is 12.4. The summed E-state index contributed by atoms with van der Waals surface area (Å²) in [7, 11) is 1.60. The van der Waals surface area contributed by atoms with Crippen molar-refractivity contribution in [2.24, 2.45) is 0 Å². The number of fused-ring (bicyclic) bond motifs is 1. The third kappa shape index (κ3) is 4.36. The van der Waals surface area contributed by atoms with Crippen molar-refractivity contribution in [3.63, 3.8) is 0 Å². The number of amides is 1. The Hall–Kier alpha value is -3.65. The van der Waals surface area contributed by atoms with E-state index >= 15 is 0 Å². The standard InChI is InChI=1S/C24H23N3O4S/c1-4-31-24(29)21-19(16-7-9-18(30-3)10-8-16)14-32-23(21)26-20(28)12-17-13-27-11-5-6-15(2)22(27)25-17/h5-11,13-14H,4,12H2,1-3H3,(H,26,28). The molecule has 3 heterocycles. The summed E-state index contributed by atoms with van der Waals surface area (Å²) in [4.78, 5) is 30.1. The highest BCUT2D eigenvalue weighted by atomic mass is 32.1. The summed E-state index contributed by atoms with van der Waals surface area (Å²) in [5.41, 5.74) is 4.39. The molecule has 0 unspecified atom stereocenters. The van der Waals surface area contributed by atoms with E-state index in [0.29, 0.717) is 21.8 Å². The Morgan fingerprint density at radius 1 is 1.19 bits per heavy atom. The van der Waals surface area contributed by atoms with Crippen molar-refractivity contribution in [1.82, 2.24) is 9.38 Å². The third-order valence-electron chi connectivity index (χ3n) is 4.99. The van der Waals surface area contributed by atoms with Crippen molar-refractivity contribution < 1.29 is 19.1 Å². The smallest absolute Gasteiger partial charge is 0.341 e. The van der Waals surface area contributed by atoms with Gasteiger partial charge in [0.2, 0.25) is 5.91 Å². The SMILES string of the molecule is CCOC(=O)c1c(-c2ccc(OC)cc2)csc1NC(=O)Cc1cn2cccc(C)c2n1. The molecule has 4 rings (SSSR count). The van der Waals surface area contributed by atoms with Gasteiger partial charge < -0.3 is 19.2 Å².